The number of aryl methyl sites for hydroxylation is 1. The Morgan fingerprint density at radius 1 is 1.19 bits per heavy atom. The quantitative estimate of drug-likeness (QED) is 0.686. The molecular weight excluding hydrogens is 378 g/mol. The second kappa shape index (κ2) is 11.0. The number of benzene rings is 1. The topological polar surface area (TPSA) is 44.7 Å². The zero-order valence-corrected chi connectivity index (χ0v) is 18.1. The lowest BCUT2D eigenvalue weighted by molar-refractivity contribution is -0.116. The van der Waals surface area contributed by atoms with Crippen LogP contribution >= 0.6 is 24.2 Å². The van der Waals surface area contributed by atoms with E-state index in [0.717, 1.165) is 23.0 Å². The van der Waals surface area contributed by atoms with Gasteiger partial charge in [-0.2, -0.15) is 0 Å². The molecule has 1 heterocycles. The van der Waals surface area contributed by atoms with E-state index in [1.54, 1.807) is 0 Å². The van der Waals surface area contributed by atoms with Gasteiger partial charge < -0.3 is 10.2 Å². The third-order valence-corrected chi connectivity index (χ3v) is 6.64. The number of thioether (sulfide) groups is 1. The third-order valence-electron chi connectivity index (χ3n) is 5.44. The molecule has 0 aromatic heterocycles. The number of nitrogens with zero attached hydrogens (tertiary/aromatic N) is 2. The van der Waals surface area contributed by atoms with Crippen molar-refractivity contribution in [3.05, 3.63) is 29.8 Å². The third kappa shape index (κ3) is 6.42. The van der Waals surface area contributed by atoms with Crippen LogP contribution in [0.4, 0.5) is 5.69 Å². The number of nitrogens with one attached hydrogen (secondary N) is 1. The molecule has 1 saturated heterocycles. The molecule has 1 aliphatic heterocycles. The van der Waals surface area contributed by atoms with Gasteiger partial charge >= 0.3 is 0 Å². The van der Waals surface area contributed by atoms with Gasteiger partial charge in [0.05, 0.1) is 6.04 Å². The fourth-order valence-electron chi connectivity index (χ4n) is 3.66. The maximum absolute atomic E-state index is 12.4. The summed E-state index contributed by atoms with van der Waals surface area (Å²) < 4.78 is 0. The minimum absolute atomic E-state index is 0. The van der Waals surface area contributed by atoms with E-state index in [-0.39, 0.29) is 24.4 Å². The highest BCUT2D eigenvalue weighted by molar-refractivity contribution is 8.14. The maximum Gasteiger partial charge on any atom is 0.226 e. The van der Waals surface area contributed by atoms with Crippen molar-refractivity contribution >= 4 is 40.9 Å². The lowest BCUT2D eigenvalue weighted by atomic mass is 10.1. The van der Waals surface area contributed by atoms with Crippen molar-refractivity contribution in [2.75, 3.05) is 18.1 Å². The molecule has 2 aliphatic rings. The zero-order chi connectivity index (χ0) is 18.4. The predicted octanol–water partition coefficient (Wildman–Crippen LogP) is 5.13. The molecule has 0 radical (unpaired) electrons. The van der Waals surface area contributed by atoms with Crippen LogP contribution in [0.3, 0.4) is 0 Å². The number of aliphatic imine (C=N–C) groups is 1. The highest BCUT2D eigenvalue weighted by Gasteiger charge is 2.29. The van der Waals surface area contributed by atoms with Crippen molar-refractivity contribution < 1.29 is 4.79 Å². The zero-order valence-electron chi connectivity index (χ0n) is 16.4. The molecule has 1 aromatic rings. The van der Waals surface area contributed by atoms with Gasteiger partial charge in [0.25, 0.3) is 0 Å². The largest absolute Gasteiger partial charge is 0.350 e. The molecule has 1 atom stereocenters. The number of halogens is 1. The van der Waals surface area contributed by atoms with Crippen molar-refractivity contribution in [1.82, 2.24) is 4.90 Å². The highest BCUT2D eigenvalue weighted by Crippen LogP contribution is 2.28. The Morgan fingerprint density at radius 2 is 1.85 bits per heavy atom. The molecule has 1 amide bonds. The molecule has 3 rings (SSSR count). The summed E-state index contributed by atoms with van der Waals surface area (Å²) in [5.74, 6) is 1.03. The average Bonchev–Trinajstić information content (AvgIpc) is 2.85. The standard InChI is InChI=1S/C21H31N3OS.ClH/c1-3-16-10-12-18(13-11-16)22-20(25)14-19-15-26-21(24(19)2)23-17-8-6-4-5-7-9-17;/h10-13,17,19H,3-9,14-15H2,1-2H3,(H,22,25);1H. The highest BCUT2D eigenvalue weighted by atomic mass is 35.5. The summed E-state index contributed by atoms with van der Waals surface area (Å²) in [6.45, 7) is 2.13. The van der Waals surface area contributed by atoms with Gasteiger partial charge in [0.15, 0.2) is 5.17 Å². The first-order valence-corrected chi connectivity index (χ1v) is 11.0. The Balaban J connectivity index is 0.00000261. The van der Waals surface area contributed by atoms with E-state index in [1.807, 2.05) is 23.9 Å². The molecule has 2 fully saturated rings. The van der Waals surface area contributed by atoms with E-state index >= 15 is 0 Å². The maximum atomic E-state index is 12.4. The van der Waals surface area contributed by atoms with E-state index in [4.69, 9.17) is 4.99 Å². The van der Waals surface area contributed by atoms with E-state index in [1.165, 1.54) is 44.1 Å². The molecule has 0 bridgehead atoms. The summed E-state index contributed by atoms with van der Waals surface area (Å²) in [7, 11) is 2.09. The first-order valence-electron chi connectivity index (χ1n) is 9.98. The Labute approximate surface area is 174 Å². The van der Waals surface area contributed by atoms with Crippen molar-refractivity contribution in [3.63, 3.8) is 0 Å². The normalized spacial score (nSPS) is 22.4. The Kier molecular flexibility index (Phi) is 8.97. The van der Waals surface area contributed by atoms with Crippen molar-refractivity contribution in [2.24, 2.45) is 4.99 Å². The van der Waals surface area contributed by atoms with Gasteiger partial charge in [-0.15, -0.1) is 12.4 Å². The Hall–Kier alpha value is -1.20. The second-order valence-electron chi connectivity index (χ2n) is 7.44. The van der Waals surface area contributed by atoms with Crippen LogP contribution in [0, 0.1) is 0 Å². The molecule has 1 saturated carbocycles. The van der Waals surface area contributed by atoms with Crippen molar-refractivity contribution in [2.45, 2.75) is 70.4 Å². The second-order valence-corrected chi connectivity index (χ2v) is 8.42. The van der Waals surface area contributed by atoms with Gasteiger partial charge in [-0.1, -0.05) is 56.5 Å². The number of amidine groups is 1. The van der Waals surface area contributed by atoms with Crippen LogP contribution in [0.5, 0.6) is 0 Å². The van der Waals surface area contributed by atoms with Crippen LogP contribution in [0.15, 0.2) is 29.3 Å². The number of carbonyl (C=O) groups excluding carboxylic acids is 1. The summed E-state index contributed by atoms with van der Waals surface area (Å²) in [4.78, 5) is 19.7. The molecule has 0 spiro atoms. The van der Waals surface area contributed by atoms with E-state index < -0.39 is 0 Å². The van der Waals surface area contributed by atoms with Crippen molar-refractivity contribution in [3.8, 4) is 0 Å². The molecule has 4 nitrogen and oxygen atoms in total. The van der Waals surface area contributed by atoms with Gasteiger partial charge in [-0.3, -0.25) is 9.79 Å². The van der Waals surface area contributed by atoms with Gasteiger partial charge in [-0.05, 0) is 37.0 Å². The van der Waals surface area contributed by atoms with Crippen LogP contribution in [-0.4, -0.2) is 40.9 Å². The number of hydrogen-bond acceptors (Lipinski definition) is 3. The number of anilines is 1. The minimum atomic E-state index is 0. The van der Waals surface area contributed by atoms with E-state index in [9.17, 15) is 4.79 Å². The lowest BCUT2D eigenvalue weighted by Gasteiger charge is -2.21. The van der Waals surface area contributed by atoms with Crippen LogP contribution in [0.1, 0.15) is 57.4 Å². The van der Waals surface area contributed by atoms with Gasteiger partial charge in [0, 0.05) is 31.0 Å². The molecule has 6 heteroatoms. The predicted molar refractivity (Wildman–Crippen MR) is 119 cm³/mol. The number of hydrogen-bond donors (Lipinski definition) is 1. The minimum Gasteiger partial charge on any atom is -0.350 e. The van der Waals surface area contributed by atoms with Crippen LogP contribution in [0.2, 0.25) is 0 Å². The van der Waals surface area contributed by atoms with Crippen LogP contribution in [0.25, 0.3) is 0 Å². The molecule has 1 unspecified atom stereocenters. The fourth-order valence-corrected chi connectivity index (χ4v) is 4.92. The molecule has 150 valence electrons. The molecule has 27 heavy (non-hydrogen) atoms. The van der Waals surface area contributed by atoms with Gasteiger partial charge in [0.2, 0.25) is 5.91 Å². The SMILES string of the molecule is CCc1ccc(NC(=O)CC2CSC(=NC3CCCCCC3)N2C)cc1.Cl. The summed E-state index contributed by atoms with van der Waals surface area (Å²) in [5.41, 5.74) is 2.17. The fraction of sp³-hybridized carbons (Fsp3) is 0.619. The molecule has 1 aliphatic carbocycles. The summed E-state index contributed by atoms with van der Waals surface area (Å²) >= 11 is 1.81. The molecular formula is C21H32ClN3OS. The van der Waals surface area contributed by atoms with Crippen LogP contribution < -0.4 is 5.32 Å². The van der Waals surface area contributed by atoms with Gasteiger partial charge in [-0.25, -0.2) is 0 Å². The first kappa shape index (κ1) is 22.1. The summed E-state index contributed by atoms with van der Waals surface area (Å²) in [6, 6.07) is 8.84. The molecule has 1 aromatic carbocycles. The Bertz CT molecular complexity index is 627. The Morgan fingerprint density at radius 3 is 2.48 bits per heavy atom. The average molecular weight is 410 g/mol. The van der Waals surface area contributed by atoms with E-state index in [0.29, 0.717) is 12.5 Å². The van der Waals surface area contributed by atoms with Crippen LogP contribution in [-0.2, 0) is 11.2 Å². The number of carbonyl (C=O) groups is 1. The summed E-state index contributed by atoms with van der Waals surface area (Å²) in [5, 5.41) is 4.16. The summed E-state index contributed by atoms with van der Waals surface area (Å²) in [6.07, 6.45) is 9.29. The van der Waals surface area contributed by atoms with Gasteiger partial charge in [0.1, 0.15) is 0 Å². The number of amides is 1. The van der Waals surface area contributed by atoms with Crippen molar-refractivity contribution in [1.29, 1.82) is 0 Å². The first-order chi connectivity index (χ1) is 12.7. The number of rotatable bonds is 5. The van der Waals surface area contributed by atoms with E-state index in [2.05, 4.69) is 36.3 Å². The lowest BCUT2D eigenvalue weighted by Crippen LogP contribution is -2.34. The smallest absolute Gasteiger partial charge is 0.226 e. The monoisotopic (exact) mass is 409 g/mol. The molecule has 1 N–H and O–H groups in total.